The Kier molecular flexibility index (Phi) is 4.49. The second-order valence-electron chi connectivity index (χ2n) is 4.17. The van der Waals surface area contributed by atoms with Gasteiger partial charge in [-0.2, -0.15) is 0 Å². The fourth-order valence-electron chi connectivity index (χ4n) is 1.60. The molecule has 0 atom stereocenters. The summed E-state index contributed by atoms with van der Waals surface area (Å²) in [4.78, 5) is 27.3. The van der Waals surface area contributed by atoms with Crippen molar-refractivity contribution in [2.45, 2.75) is 13.5 Å². The van der Waals surface area contributed by atoms with Crippen LogP contribution in [-0.2, 0) is 6.54 Å². The van der Waals surface area contributed by atoms with E-state index in [9.17, 15) is 14.0 Å². The third-order valence-electron chi connectivity index (χ3n) is 2.71. The monoisotopic (exact) mass is 309 g/mol. The van der Waals surface area contributed by atoms with Gasteiger partial charge < -0.3 is 15.7 Å². The predicted octanol–water partition coefficient (Wildman–Crippen LogP) is 2.61. The number of thiazole rings is 1. The minimum atomic E-state index is -1.36. The Morgan fingerprint density at radius 1 is 1.43 bits per heavy atom. The van der Waals surface area contributed by atoms with Crippen LogP contribution in [0.25, 0.3) is 0 Å². The summed E-state index contributed by atoms with van der Waals surface area (Å²) in [6.45, 7) is 2.16. The zero-order chi connectivity index (χ0) is 15.4. The molecule has 1 aromatic heterocycles. The molecule has 0 aliphatic heterocycles. The summed E-state index contributed by atoms with van der Waals surface area (Å²) < 4.78 is 13.5. The number of carbonyl (C=O) groups is 2. The second-order valence-corrected chi connectivity index (χ2v) is 5.11. The van der Waals surface area contributed by atoms with Crippen LogP contribution in [0.3, 0.4) is 0 Å². The highest BCUT2D eigenvalue weighted by molar-refractivity contribution is 7.09. The minimum Gasteiger partial charge on any atom is -0.478 e. The average Bonchev–Trinajstić information content (AvgIpc) is 2.81. The third kappa shape index (κ3) is 3.76. The van der Waals surface area contributed by atoms with E-state index in [1.807, 2.05) is 6.92 Å². The Morgan fingerprint density at radius 3 is 2.76 bits per heavy atom. The molecule has 0 radical (unpaired) electrons. The van der Waals surface area contributed by atoms with E-state index in [4.69, 9.17) is 5.11 Å². The van der Waals surface area contributed by atoms with Crippen LogP contribution in [-0.4, -0.2) is 22.1 Å². The van der Waals surface area contributed by atoms with Crippen molar-refractivity contribution in [3.63, 3.8) is 0 Å². The van der Waals surface area contributed by atoms with E-state index in [1.165, 1.54) is 17.4 Å². The van der Waals surface area contributed by atoms with Gasteiger partial charge in [0, 0.05) is 10.6 Å². The largest absolute Gasteiger partial charge is 0.478 e. The summed E-state index contributed by atoms with van der Waals surface area (Å²) in [6.07, 6.45) is 0. The second kappa shape index (κ2) is 6.31. The number of nitrogens with one attached hydrogen (secondary N) is 2. The molecule has 0 saturated carbocycles. The highest BCUT2D eigenvalue weighted by atomic mass is 32.1. The SMILES string of the molecule is Cc1ncsc1CNC(=O)Nc1ccc(C(=O)O)c(F)c1. The molecule has 0 unspecified atom stereocenters. The van der Waals surface area contributed by atoms with Gasteiger partial charge in [-0.25, -0.2) is 19.0 Å². The van der Waals surface area contributed by atoms with Crippen LogP contribution in [0.5, 0.6) is 0 Å². The zero-order valence-corrected chi connectivity index (χ0v) is 11.8. The number of nitrogens with zero attached hydrogens (tertiary/aromatic N) is 1. The maximum absolute atomic E-state index is 13.5. The molecule has 21 heavy (non-hydrogen) atoms. The zero-order valence-electron chi connectivity index (χ0n) is 11.0. The summed E-state index contributed by atoms with van der Waals surface area (Å²) in [7, 11) is 0. The number of aryl methyl sites for hydroxylation is 1. The Labute approximate surface area is 123 Å². The number of aromatic carboxylic acids is 1. The fraction of sp³-hybridized carbons (Fsp3) is 0.154. The number of hydrogen-bond donors (Lipinski definition) is 3. The molecule has 0 aliphatic rings. The molecule has 110 valence electrons. The molecule has 2 aromatic rings. The summed E-state index contributed by atoms with van der Waals surface area (Å²) in [5, 5.41) is 13.8. The van der Waals surface area contributed by atoms with Crippen molar-refractivity contribution >= 4 is 29.0 Å². The number of aromatic nitrogens is 1. The average molecular weight is 309 g/mol. The van der Waals surface area contributed by atoms with Gasteiger partial charge in [0.1, 0.15) is 5.82 Å². The van der Waals surface area contributed by atoms with Crippen LogP contribution in [0.1, 0.15) is 20.9 Å². The minimum absolute atomic E-state index is 0.177. The number of amides is 2. The van der Waals surface area contributed by atoms with Gasteiger partial charge in [0.05, 0.1) is 23.3 Å². The Hall–Kier alpha value is -2.48. The first-order valence-electron chi connectivity index (χ1n) is 5.94. The normalized spacial score (nSPS) is 10.2. The third-order valence-corrected chi connectivity index (χ3v) is 3.65. The van der Waals surface area contributed by atoms with Crippen molar-refractivity contribution in [2.24, 2.45) is 0 Å². The maximum atomic E-state index is 13.5. The molecule has 0 bridgehead atoms. The van der Waals surface area contributed by atoms with Gasteiger partial charge in [0.25, 0.3) is 0 Å². The van der Waals surface area contributed by atoms with Gasteiger partial charge in [-0.1, -0.05) is 0 Å². The highest BCUT2D eigenvalue weighted by Gasteiger charge is 2.11. The number of anilines is 1. The molecule has 2 amide bonds. The molecule has 0 fully saturated rings. The van der Waals surface area contributed by atoms with Crippen molar-refractivity contribution < 1.29 is 19.1 Å². The van der Waals surface area contributed by atoms with Crippen molar-refractivity contribution in [3.8, 4) is 0 Å². The molecule has 1 heterocycles. The van der Waals surface area contributed by atoms with E-state index >= 15 is 0 Å². The molecule has 0 saturated heterocycles. The predicted molar refractivity (Wildman–Crippen MR) is 76.1 cm³/mol. The summed E-state index contributed by atoms with van der Waals surface area (Å²) in [5.41, 5.74) is 2.26. The highest BCUT2D eigenvalue weighted by Crippen LogP contribution is 2.15. The van der Waals surface area contributed by atoms with E-state index < -0.39 is 23.4 Å². The Balaban J connectivity index is 1.95. The molecular weight excluding hydrogens is 297 g/mol. The first kappa shape index (κ1) is 14.9. The van der Waals surface area contributed by atoms with E-state index in [1.54, 1.807) is 5.51 Å². The lowest BCUT2D eigenvalue weighted by atomic mass is 10.2. The van der Waals surface area contributed by atoms with E-state index in [-0.39, 0.29) is 5.69 Å². The van der Waals surface area contributed by atoms with Crippen LogP contribution in [0.4, 0.5) is 14.9 Å². The number of carboxylic acids is 1. The molecule has 0 spiro atoms. The van der Waals surface area contributed by atoms with Crippen molar-refractivity contribution in [2.75, 3.05) is 5.32 Å². The lowest BCUT2D eigenvalue weighted by Gasteiger charge is -2.08. The van der Waals surface area contributed by atoms with Gasteiger partial charge in [-0.05, 0) is 25.1 Å². The number of rotatable bonds is 4. The van der Waals surface area contributed by atoms with Crippen LogP contribution < -0.4 is 10.6 Å². The van der Waals surface area contributed by atoms with Crippen LogP contribution in [0.15, 0.2) is 23.7 Å². The van der Waals surface area contributed by atoms with Gasteiger partial charge in [-0.3, -0.25) is 0 Å². The topological polar surface area (TPSA) is 91.3 Å². The van der Waals surface area contributed by atoms with E-state index in [0.29, 0.717) is 6.54 Å². The van der Waals surface area contributed by atoms with Crippen molar-refractivity contribution in [3.05, 3.63) is 45.7 Å². The Bertz CT molecular complexity index is 687. The number of urea groups is 1. The lowest BCUT2D eigenvalue weighted by Crippen LogP contribution is -2.28. The van der Waals surface area contributed by atoms with E-state index in [0.717, 1.165) is 22.7 Å². The number of carboxylic acid groups (broad SMARTS) is 1. The molecule has 1 aromatic carbocycles. The van der Waals surface area contributed by atoms with Gasteiger partial charge in [0.15, 0.2) is 0 Å². The molecule has 2 rings (SSSR count). The summed E-state index contributed by atoms with van der Waals surface area (Å²) in [6, 6.07) is 2.87. The van der Waals surface area contributed by atoms with Gasteiger partial charge >= 0.3 is 12.0 Å². The Morgan fingerprint density at radius 2 is 2.19 bits per heavy atom. The number of benzene rings is 1. The van der Waals surface area contributed by atoms with Gasteiger partial charge in [-0.15, -0.1) is 11.3 Å². The van der Waals surface area contributed by atoms with E-state index in [2.05, 4.69) is 15.6 Å². The molecule has 3 N–H and O–H groups in total. The van der Waals surface area contributed by atoms with Gasteiger partial charge in [0.2, 0.25) is 0 Å². The first-order chi connectivity index (χ1) is 9.97. The molecular formula is C13H12FN3O3S. The first-order valence-corrected chi connectivity index (χ1v) is 6.82. The smallest absolute Gasteiger partial charge is 0.338 e. The molecule has 6 nitrogen and oxygen atoms in total. The number of hydrogen-bond acceptors (Lipinski definition) is 4. The number of carbonyl (C=O) groups excluding carboxylic acids is 1. The van der Waals surface area contributed by atoms with Crippen molar-refractivity contribution in [1.82, 2.24) is 10.3 Å². The fourth-order valence-corrected chi connectivity index (χ4v) is 2.31. The van der Waals surface area contributed by atoms with Crippen LogP contribution in [0, 0.1) is 12.7 Å². The quantitative estimate of drug-likeness (QED) is 0.809. The molecule has 0 aliphatic carbocycles. The lowest BCUT2D eigenvalue weighted by molar-refractivity contribution is 0.0692. The summed E-state index contributed by atoms with van der Waals surface area (Å²) in [5.74, 6) is -2.26. The standard InChI is InChI=1S/C13H12FN3O3S/c1-7-11(21-6-16-7)5-15-13(20)17-8-2-3-9(12(18)19)10(14)4-8/h2-4,6H,5H2,1H3,(H,18,19)(H2,15,17,20). The maximum Gasteiger partial charge on any atom is 0.338 e. The molecule has 8 heteroatoms. The van der Waals surface area contributed by atoms with Crippen LogP contribution in [0.2, 0.25) is 0 Å². The summed E-state index contributed by atoms with van der Waals surface area (Å²) >= 11 is 1.43. The number of halogens is 1. The van der Waals surface area contributed by atoms with Crippen molar-refractivity contribution in [1.29, 1.82) is 0 Å². The van der Waals surface area contributed by atoms with Crippen LogP contribution >= 0.6 is 11.3 Å².